The Kier molecular flexibility index (Phi) is 49.6. The van der Waals surface area contributed by atoms with Crippen molar-refractivity contribution in [2.75, 3.05) is 19.8 Å². The van der Waals surface area contributed by atoms with Gasteiger partial charge in [0.1, 0.15) is 6.61 Å². The summed E-state index contributed by atoms with van der Waals surface area (Å²) in [5.74, 6) is -0.522. The molecule has 1 unspecified atom stereocenters. The van der Waals surface area contributed by atoms with Crippen molar-refractivity contribution < 1.29 is 23.8 Å². The first kappa shape index (κ1) is 59.8. The lowest BCUT2D eigenvalue weighted by Crippen LogP contribution is -2.30. The zero-order valence-electron chi connectivity index (χ0n) is 41.0. The van der Waals surface area contributed by atoms with Gasteiger partial charge in [-0.25, -0.2) is 0 Å². The maximum Gasteiger partial charge on any atom is 0.306 e. The van der Waals surface area contributed by atoms with Crippen molar-refractivity contribution in [3.05, 3.63) is 146 Å². The van der Waals surface area contributed by atoms with Crippen molar-refractivity contribution >= 4 is 11.9 Å². The fourth-order valence-corrected chi connectivity index (χ4v) is 6.13. The summed E-state index contributed by atoms with van der Waals surface area (Å²) in [6, 6.07) is 0. The van der Waals surface area contributed by atoms with Crippen LogP contribution in [-0.2, 0) is 23.8 Å². The Bertz CT molecular complexity index is 1410. The van der Waals surface area contributed by atoms with Gasteiger partial charge in [0.25, 0.3) is 0 Å². The third-order valence-corrected chi connectivity index (χ3v) is 9.84. The molecule has 0 aromatic carbocycles. The lowest BCUT2D eigenvalue weighted by Gasteiger charge is -2.18. The monoisotopic (exact) mass is 881 g/mol. The summed E-state index contributed by atoms with van der Waals surface area (Å²) in [4.78, 5) is 25.3. The van der Waals surface area contributed by atoms with E-state index in [2.05, 4.69) is 167 Å². The number of esters is 2. The maximum absolute atomic E-state index is 12.8. The predicted octanol–water partition coefficient (Wildman–Crippen LogP) is 17.3. The van der Waals surface area contributed by atoms with Crippen LogP contribution in [0.5, 0.6) is 0 Å². The van der Waals surface area contributed by atoms with Crippen molar-refractivity contribution in [3.63, 3.8) is 0 Å². The van der Waals surface area contributed by atoms with Gasteiger partial charge < -0.3 is 14.2 Å². The molecule has 0 fully saturated rings. The van der Waals surface area contributed by atoms with Crippen LogP contribution in [0.2, 0.25) is 0 Å². The quantitative estimate of drug-likeness (QED) is 0.0347. The first-order chi connectivity index (χ1) is 31.6. The van der Waals surface area contributed by atoms with Gasteiger partial charge in [0, 0.05) is 19.4 Å². The van der Waals surface area contributed by atoms with E-state index in [-0.39, 0.29) is 25.2 Å². The average molecular weight is 881 g/mol. The Hall–Kier alpha value is -4.22. The molecule has 0 spiro atoms. The molecule has 5 heteroatoms. The average Bonchev–Trinajstić information content (AvgIpc) is 3.30. The molecule has 0 saturated carbocycles. The largest absolute Gasteiger partial charge is 0.462 e. The van der Waals surface area contributed by atoms with Gasteiger partial charge in [-0.05, 0) is 122 Å². The second-order valence-corrected chi connectivity index (χ2v) is 15.9. The molecule has 358 valence electrons. The topological polar surface area (TPSA) is 61.8 Å². The van der Waals surface area contributed by atoms with Crippen molar-refractivity contribution in [1.29, 1.82) is 0 Å². The van der Waals surface area contributed by atoms with Crippen molar-refractivity contribution in [3.8, 4) is 0 Å². The number of hydrogen-bond donors (Lipinski definition) is 0. The Morgan fingerprint density at radius 2 is 0.719 bits per heavy atom. The second-order valence-electron chi connectivity index (χ2n) is 15.9. The molecule has 0 radical (unpaired) electrons. The van der Waals surface area contributed by atoms with Gasteiger partial charge in [0.15, 0.2) is 6.10 Å². The molecule has 0 bridgehead atoms. The Labute approximate surface area is 393 Å². The minimum Gasteiger partial charge on any atom is -0.462 e. The van der Waals surface area contributed by atoms with E-state index in [0.29, 0.717) is 25.9 Å². The third-order valence-electron chi connectivity index (χ3n) is 9.84. The first-order valence-corrected chi connectivity index (χ1v) is 25.4. The van der Waals surface area contributed by atoms with Gasteiger partial charge in [-0.1, -0.05) is 199 Å². The summed E-state index contributed by atoms with van der Waals surface area (Å²) in [7, 11) is 0. The highest BCUT2D eigenvalue weighted by atomic mass is 16.6. The standard InChI is InChI=1S/C59H92O5/c1-4-7-10-13-16-19-22-24-26-28-29-30-32-34-36-39-42-45-48-51-54-62-55-57(64-59(61)53-50-47-44-41-37-21-18-15-12-9-6-3)56-63-58(60)52-49-46-43-40-38-35-33-31-27-25-23-20-17-14-11-8-5-2/h7-8,10-11,15-20,24-27,29-30,33-36,40,42-43,45,57H,4-6,9,12-14,21-23,28,31-32,37-39,41,44,46-56H2,1-3H3/b10-7-,11-8-,18-15-,19-16-,20-17-,26-24-,27-25-,30-29-,35-33-,36-34-,43-40-,45-42-. The highest BCUT2D eigenvalue weighted by Crippen LogP contribution is 2.11. The highest BCUT2D eigenvalue weighted by molar-refractivity contribution is 5.70. The molecule has 0 aliphatic carbocycles. The van der Waals surface area contributed by atoms with Gasteiger partial charge in [-0.2, -0.15) is 0 Å². The van der Waals surface area contributed by atoms with Crippen LogP contribution in [0.4, 0.5) is 0 Å². The summed E-state index contributed by atoms with van der Waals surface area (Å²) in [5.41, 5.74) is 0. The van der Waals surface area contributed by atoms with Gasteiger partial charge in [-0.3, -0.25) is 9.59 Å². The molecule has 0 aliphatic heterocycles. The smallest absolute Gasteiger partial charge is 0.306 e. The number of ether oxygens (including phenoxy) is 3. The molecule has 0 amide bonds. The van der Waals surface area contributed by atoms with Crippen LogP contribution >= 0.6 is 0 Å². The van der Waals surface area contributed by atoms with Crippen LogP contribution in [0.15, 0.2) is 146 Å². The summed E-state index contributed by atoms with van der Waals surface area (Å²) in [6.07, 6.45) is 77.3. The van der Waals surface area contributed by atoms with Crippen molar-refractivity contribution in [1.82, 2.24) is 0 Å². The summed E-state index contributed by atoms with van der Waals surface area (Å²) >= 11 is 0. The minimum atomic E-state index is -0.604. The fraction of sp³-hybridized carbons (Fsp3) is 0.559. The molecule has 5 nitrogen and oxygen atoms in total. The number of allylic oxidation sites excluding steroid dienone is 24. The second kappa shape index (κ2) is 53.1. The molecule has 0 N–H and O–H groups in total. The van der Waals surface area contributed by atoms with E-state index in [1.54, 1.807) is 0 Å². The van der Waals surface area contributed by atoms with E-state index < -0.39 is 6.10 Å². The van der Waals surface area contributed by atoms with Crippen LogP contribution in [0.3, 0.4) is 0 Å². The minimum absolute atomic E-state index is 0.0190. The third kappa shape index (κ3) is 50.4. The lowest BCUT2D eigenvalue weighted by molar-refractivity contribution is -0.162. The highest BCUT2D eigenvalue weighted by Gasteiger charge is 2.17. The normalized spacial score (nSPS) is 13.5. The lowest BCUT2D eigenvalue weighted by atomic mass is 10.1. The van der Waals surface area contributed by atoms with Gasteiger partial charge in [0.2, 0.25) is 0 Å². The van der Waals surface area contributed by atoms with Crippen molar-refractivity contribution in [2.45, 2.75) is 194 Å². The molecule has 1 atom stereocenters. The fourth-order valence-electron chi connectivity index (χ4n) is 6.13. The van der Waals surface area contributed by atoms with E-state index in [9.17, 15) is 9.59 Å². The number of carbonyl (C=O) groups is 2. The van der Waals surface area contributed by atoms with Crippen LogP contribution in [0.1, 0.15) is 188 Å². The number of carbonyl (C=O) groups excluding carboxylic acids is 2. The van der Waals surface area contributed by atoms with E-state index in [4.69, 9.17) is 14.2 Å². The van der Waals surface area contributed by atoms with Crippen LogP contribution in [0, 0.1) is 0 Å². The van der Waals surface area contributed by atoms with Crippen LogP contribution in [-0.4, -0.2) is 37.9 Å². The summed E-state index contributed by atoms with van der Waals surface area (Å²) < 4.78 is 17.2. The molecule has 0 aliphatic rings. The van der Waals surface area contributed by atoms with Gasteiger partial charge in [0.05, 0.1) is 6.61 Å². The molecular formula is C59H92O5. The molecule has 0 aromatic rings. The Morgan fingerprint density at radius 1 is 0.359 bits per heavy atom. The predicted molar refractivity (Wildman–Crippen MR) is 278 cm³/mol. The first-order valence-electron chi connectivity index (χ1n) is 25.4. The van der Waals surface area contributed by atoms with Gasteiger partial charge in [-0.15, -0.1) is 0 Å². The van der Waals surface area contributed by atoms with E-state index in [1.807, 2.05) is 0 Å². The molecule has 0 aromatic heterocycles. The molecule has 0 rings (SSSR count). The summed E-state index contributed by atoms with van der Waals surface area (Å²) in [6.45, 7) is 7.32. The van der Waals surface area contributed by atoms with Crippen LogP contribution < -0.4 is 0 Å². The number of unbranched alkanes of at least 4 members (excludes halogenated alkanes) is 9. The Morgan fingerprint density at radius 3 is 1.19 bits per heavy atom. The maximum atomic E-state index is 12.8. The zero-order chi connectivity index (χ0) is 46.3. The molecular weight excluding hydrogens is 789 g/mol. The summed E-state index contributed by atoms with van der Waals surface area (Å²) in [5, 5.41) is 0. The van der Waals surface area contributed by atoms with E-state index in [0.717, 1.165) is 116 Å². The molecule has 0 heterocycles. The van der Waals surface area contributed by atoms with E-state index >= 15 is 0 Å². The molecule has 64 heavy (non-hydrogen) atoms. The van der Waals surface area contributed by atoms with Crippen LogP contribution in [0.25, 0.3) is 0 Å². The van der Waals surface area contributed by atoms with Crippen molar-refractivity contribution in [2.24, 2.45) is 0 Å². The van der Waals surface area contributed by atoms with Gasteiger partial charge >= 0.3 is 11.9 Å². The number of hydrogen-bond acceptors (Lipinski definition) is 5. The Balaban J connectivity index is 4.48. The molecule has 0 saturated heterocycles. The zero-order valence-corrected chi connectivity index (χ0v) is 41.0. The number of rotatable bonds is 44. The van der Waals surface area contributed by atoms with E-state index in [1.165, 1.54) is 32.1 Å². The SMILES string of the molecule is CC/C=C\C/C=C\C/C=C\C/C=C\C/C=C\C/C=C\CCCOCC(COC(=O)CCC/C=C\C/C=C\C/C=C\C/C=C\C/C=C\CC)OC(=O)CCCCCCC/C=C\CCCC.